The van der Waals surface area contributed by atoms with E-state index in [1.807, 2.05) is 12.1 Å². The quantitative estimate of drug-likeness (QED) is 0.904. The number of carboxylic acid groups (broad SMARTS) is 1. The van der Waals surface area contributed by atoms with Crippen LogP contribution in [0.15, 0.2) is 12.1 Å². The van der Waals surface area contributed by atoms with E-state index >= 15 is 0 Å². The van der Waals surface area contributed by atoms with E-state index in [-0.39, 0.29) is 12.5 Å². The smallest absolute Gasteiger partial charge is 0.304 e. The molecular weight excluding hydrogens is 246 g/mol. The molecule has 3 nitrogen and oxygen atoms in total. The van der Waals surface area contributed by atoms with Crippen molar-refractivity contribution in [2.75, 3.05) is 6.54 Å². The average molecular weight is 260 g/mol. The fourth-order valence-electron chi connectivity index (χ4n) is 2.17. The SMILES string of the molecule is O=C(O)CC1CCCN1Cc1ccc(Cl)s1. The minimum atomic E-state index is -0.707. The molecule has 0 spiro atoms. The number of carboxylic acids is 1. The number of hydrogen-bond acceptors (Lipinski definition) is 3. The molecule has 0 bridgehead atoms. The Morgan fingerprint density at radius 1 is 1.62 bits per heavy atom. The molecule has 0 amide bonds. The highest BCUT2D eigenvalue weighted by Crippen LogP contribution is 2.27. The maximum atomic E-state index is 10.7. The van der Waals surface area contributed by atoms with Crippen molar-refractivity contribution in [3.63, 3.8) is 0 Å². The van der Waals surface area contributed by atoms with Gasteiger partial charge in [0.1, 0.15) is 0 Å². The van der Waals surface area contributed by atoms with E-state index in [2.05, 4.69) is 4.90 Å². The molecule has 2 rings (SSSR count). The lowest BCUT2D eigenvalue weighted by Gasteiger charge is -2.22. The van der Waals surface area contributed by atoms with Crippen molar-refractivity contribution in [1.29, 1.82) is 0 Å². The lowest BCUT2D eigenvalue weighted by molar-refractivity contribution is -0.138. The lowest BCUT2D eigenvalue weighted by Crippen LogP contribution is -2.30. The van der Waals surface area contributed by atoms with Gasteiger partial charge in [0.15, 0.2) is 0 Å². The van der Waals surface area contributed by atoms with Gasteiger partial charge < -0.3 is 5.11 Å². The third kappa shape index (κ3) is 2.97. The Morgan fingerprint density at radius 2 is 2.44 bits per heavy atom. The predicted molar refractivity (Wildman–Crippen MR) is 65.0 cm³/mol. The van der Waals surface area contributed by atoms with Gasteiger partial charge in [-0.05, 0) is 31.5 Å². The molecule has 0 aromatic carbocycles. The van der Waals surface area contributed by atoms with Crippen LogP contribution in [0.4, 0.5) is 0 Å². The summed E-state index contributed by atoms with van der Waals surface area (Å²) >= 11 is 7.44. The summed E-state index contributed by atoms with van der Waals surface area (Å²) in [5.41, 5.74) is 0. The number of carbonyl (C=O) groups is 1. The van der Waals surface area contributed by atoms with Crippen LogP contribution in [0, 0.1) is 0 Å². The zero-order valence-corrected chi connectivity index (χ0v) is 10.4. The third-order valence-electron chi connectivity index (χ3n) is 2.90. The molecule has 0 saturated carbocycles. The first-order valence-corrected chi connectivity index (χ1v) is 6.54. The highest BCUT2D eigenvalue weighted by Gasteiger charge is 2.26. The summed E-state index contributed by atoms with van der Waals surface area (Å²) in [6, 6.07) is 4.10. The molecule has 1 N–H and O–H groups in total. The molecule has 88 valence electrons. The molecule has 1 atom stereocenters. The van der Waals surface area contributed by atoms with Crippen LogP contribution in [-0.4, -0.2) is 28.6 Å². The van der Waals surface area contributed by atoms with Crippen molar-refractivity contribution in [2.45, 2.75) is 31.8 Å². The Balaban J connectivity index is 1.95. The highest BCUT2D eigenvalue weighted by molar-refractivity contribution is 7.16. The summed E-state index contributed by atoms with van der Waals surface area (Å²) in [7, 11) is 0. The van der Waals surface area contributed by atoms with E-state index < -0.39 is 5.97 Å². The molecule has 5 heteroatoms. The number of thiophene rings is 1. The van der Waals surface area contributed by atoms with E-state index in [1.54, 1.807) is 11.3 Å². The summed E-state index contributed by atoms with van der Waals surface area (Å²) in [5, 5.41) is 8.82. The van der Waals surface area contributed by atoms with Crippen molar-refractivity contribution in [3.8, 4) is 0 Å². The molecule has 16 heavy (non-hydrogen) atoms. The van der Waals surface area contributed by atoms with E-state index in [9.17, 15) is 4.79 Å². The van der Waals surface area contributed by atoms with Gasteiger partial charge in [-0.2, -0.15) is 0 Å². The van der Waals surface area contributed by atoms with Gasteiger partial charge in [-0.1, -0.05) is 11.6 Å². The van der Waals surface area contributed by atoms with Gasteiger partial charge in [-0.25, -0.2) is 0 Å². The Hall–Kier alpha value is -0.580. The van der Waals surface area contributed by atoms with Gasteiger partial charge in [0.2, 0.25) is 0 Å². The number of hydrogen-bond donors (Lipinski definition) is 1. The number of nitrogens with zero attached hydrogens (tertiary/aromatic N) is 1. The van der Waals surface area contributed by atoms with Crippen LogP contribution in [0.2, 0.25) is 4.34 Å². The first-order valence-electron chi connectivity index (χ1n) is 5.35. The monoisotopic (exact) mass is 259 g/mol. The van der Waals surface area contributed by atoms with Gasteiger partial charge in [0, 0.05) is 17.5 Å². The summed E-state index contributed by atoms with van der Waals surface area (Å²) in [5.74, 6) is -0.707. The molecule has 1 aliphatic heterocycles. The van der Waals surface area contributed by atoms with Crippen LogP contribution in [0.1, 0.15) is 24.1 Å². The van der Waals surface area contributed by atoms with Crippen molar-refractivity contribution in [1.82, 2.24) is 4.90 Å². The standard InChI is InChI=1S/C11H14ClNO2S/c12-10-4-3-9(16-10)7-13-5-1-2-8(13)6-11(14)15/h3-4,8H,1-2,5-7H2,(H,14,15). The molecule has 1 aliphatic rings. The summed E-state index contributed by atoms with van der Waals surface area (Å²) in [6.45, 7) is 1.82. The van der Waals surface area contributed by atoms with Gasteiger partial charge in [-0.3, -0.25) is 9.69 Å². The van der Waals surface area contributed by atoms with Crippen LogP contribution in [0.25, 0.3) is 0 Å². The number of halogens is 1. The molecule has 1 fully saturated rings. The van der Waals surface area contributed by atoms with Crippen molar-refractivity contribution in [3.05, 3.63) is 21.3 Å². The molecule has 1 aromatic heterocycles. The Labute approximate surface area is 104 Å². The average Bonchev–Trinajstić information content (AvgIpc) is 2.77. The van der Waals surface area contributed by atoms with Gasteiger partial charge in [0.05, 0.1) is 10.8 Å². The third-order valence-corrected chi connectivity index (χ3v) is 4.11. The van der Waals surface area contributed by atoms with Crippen molar-refractivity contribution in [2.24, 2.45) is 0 Å². The summed E-state index contributed by atoms with van der Waals surface area (Å²) in [6.07, 6.45) is 2.33. The molecule has 0 aliphatic carbocycles. The fourth-order valence-corrected chi connectivity index (χ4v) is 3.29. The predicted octanol–water partition coefficient (Wildman–Crippen LogP) is 2.84. The van der Waals surface area contributed by atoms with Crippen LogP contribution in [-0.2, 0) is 11.3 Å². The van der Waals surface area contributed by atoms with Gasteiger partial charge in [0.25, 0.3) is 0 Å². The van der Waals surface area contributed by atoms with Crippen LogP contribution in [0.3, 0.4) is 0 Å². The van der Waals surface area contributed by atoms with Gasteiger partial charge in [-0.15, -0.1) is 11.3 Å². The molecular formula is C11H14ClNO2S. The molecule has 1 saturated heterocycles. The van der Waals surface area contributed by atoms with E-state index in [4.69, 9.17) is 16.7 Å². The van der Waals surface area contributed by atoms with E-state index in [0.29, 0.717) is 0 Å². The number of aliphatic carboxylic acids is 1. The normalized spacial score (nSPS) is 21.4. The van der Waals surface area contributed by atoms with Gasteiger partial charge >= 0.3 is 5.97 Å². The Morgan fingerprint density at radius 3 is 3.06 bits per heavy atom. The summed E-state index contributed by atoms with van der Waals surface area (Å²) < 4.78 is 0.795. The first kappa shape index (κ1) is 11.9. The maximum Gasteiger partial charge on any atom is 0.304 e. The van der Waals surface area contributed by atoms with Crippen LogP contribution >= 0.6 is 22.9 Å². The molecule has 1 aromatic rings. The van der Waals surface area contributed by atoms with Crippen molar-refractivity contribution < 1.29 is 9.90 Å². The second kappa shape index (κ2) is 5.17. The Bertz CT molecular complexity index is 380. The second-order valence-corrected chi connectivity index (χ2v) is 5.87. The minimum Gasteiger partial charge on any atom is -0.481 e. The summed E-state index contributed by atoms with van der Waals surface area (Å²) in [4.78, 5) is 14.2. The molecule has 1 unspecified atom stereocenters. The zero-order chi connectivity index (χ0) is 11.5. The van der Waals surface area contributed by atoms with Crippen LogP contribution < -0.4 is 0 Å². The topological polar surface area (TPSA) is 40.5 Å². The molecule has 0 radical (unpaired) electrons. The number of likely N-dealkylation sites (tertiary alicyclic amines) is 1. The van der Waals surface area contributed by atoms with E-state index in [1.165, 1.54) is 4.88 Å². The minimum absolute atomic E-state index is 0.193. The fraction of sp³-hybridized carbons (Fsp3) is 0.545. The van der Waals surface area contributed by atoms with Crippen LogP contribution in [0.5, 0.6) is 0 Å². The molecule has 2 heterocycles. The maximum absolute atomic E-state index is 10.7. The largest absolute Gasteiger partial charge is 0.481 e. The Kier molecular flexibility index (Phi) is 3.84. The van der Waals surface area contributed by atoms with Crippen molar-refractivity contribution >= 4 is 28.9 Å². The lowest BCUT2D eigenvalue weighted by atomic mass is 10.1. The second-order valence-electron chi connectivity index (χ2n) is 4.07. The zero-order valence-electron chi connectivity index (χ0n) is 8.86. The number of rotatable bonds is 4. The highest BCUT2D eigenvalue weighted by atomic mass is 35.5. The first-order chi connectivity index (χ1) is 7.65. The van der Waals surface area contributed by atoms with E-state index in [0.717, 1.165) is 30.3 Å².